The molecule has 1 heterocycles. The lowest BCUT2D eigenvalue weighted by Gasteiger charge is -2.13. The number of anilines is 2. The monoisotopic (exact) mass is 479 g/mol. The van der Waals surface area contributed by atoms with Gasteiger partial charge in [-0.2, -0.15) is 0 Å². The summed E-state index contributed by atoms with van der Waals surface area (Å²) in [6.07, 6.45) is 0. The number of fused-ring (bicyclic) bond motifs is 2. The maximum absolute atomic E-state index is 12.8. The summed E-state index contributed by atoms with van der Waals surface area (Å²) >= 11 is 1.52. The van der Waals surface area contributed by atoms with E-state index in [0.717, 1.165) is 32.2 Å². The maximum atomic E-state index is 12.8. The summed E-state index contributed by atoms with van der Waals surface area (Å²) in [7, 11) is 4.05. The molecule has 1 aliphatic rings. The summed E-state index contributed by atoms with van der Waals surface area (Å²) in [5.74, 6) is -0.349. The summed E-state index contributed by atoms with van der Waals surface area (Å²) in [5, 5.41) is 5.92. The average Bonchev–Trinajstić information content (AvgIpc) is 3.03. The fourth-order valence-corrected chi connectivity index (χ4v) is 4.97. The Morgan fingerprint density at radius 2 is 1.54 bits per heavy atom. The molecule has 174 valence electrons. The maximum Gasteiger partial charge on any atom is 0.256 e. The van der Waals surface area contributed by atoms with Crippen LogP contribution in [-0.2, 0) is 6.54 Å². The molecule has 0 saturated heterocycles. The van der Waals surface area contributed by atoms with Crippen molar-refractivity contribution in [2.75, 3.05) is 24.3 Å². The van der Waals surface area contributed by atoms with Gasteiger partial charge in [0.05, 0.1) is 11.3 Å². The van der Waals surface area contributed by atoms with Crippen LogP contribution in [0.25, 0.3) is 11.1 Å². The normalized spacial score (nSPS) is 12.1. The first-order chi connectivity index (χ1) is 17.0. The van der Waals surface area contributed by atoms with Crippen LogP contribution in [0.2, 0.25) is 0 Å². The van der Waals surface area contributed by atoms with E-state index < -0.39 is 0 Å². The van der Waals surface area contributed by atoms with Crippen molar-refractivity contribution in [3.05, 3.63) is 108 Å². The molecule has 35 heavy (non-hydrogen) atoms. The third-order valence-electron chi connectivity index (χ3n) is 5.97. The molecular formula is C29H25N3O2S. The van der Waals surface area contributed by atoms with Crippen molar-refractivity contribution in [3.63, 3.8) is 0 Å². The molecule has 1 aliphatic heterocycles. The van der Waals surface area contributed by atoms with Crippen LogP contribution in [-0.4, -0.2) is 25.9 Å². The summed E-state index contributed by atoms with van der Waals surface area (Å²) in [4.78, 5) is 29.3. The standard InChI is InChI=1S/C29H25N3O2S/c1-32(2)23-14-11-21(12-15-23)20-9-7-19(8-10-20)18-30-28(33)22-13-16-27-25(17-22)31-29(34)24-5-3-4-6-26(24)35-27/h3-17H,18H2,1-2H3,(H,30,33)(H,31,34). The van der Waals surface area contributed by atoms with Gasteiger partial charge in [-0.15, -0.1) is 0 Å². The molecule has 4 aromatic carbocycles. The summed E-state index contributed by atoms with van der Waals surface area (Å²) in [6.45, 7) is 0.419. The number of nitrogens with one attached hydrogen (secondary N) is 2. The van der Waals surface area contributed by atoms with E-state index in [4.69, 9.17) is 0 Å². The van der Waals surface area contributed by atoms with Crippen molar-refractivity contribution in [1.82, 2.24) is 5.32 Å². The molecule has 0 aliphatic carbocycles. The highest BCUT2D eigenvalue weighted by molar-refractivity contribution is 7.99. The molecule has 2 amide bonds. The number of hydrogen-bond donors (Lipinski definition) is 2. The van der Waals surface area contributed by atoms with Gasteiger partial charge in [0.1, 0.15) is 0 Å². The summed E-state index contributed by atoms with van der Waals surface area (Å²) in [6, 6.07) is 29.5. The Bertz CT molecular complexity index is 1400. The second-order valence-corrected chi connectivity index (χ2v) is 9.67. The molecule has 0 unspecified atom stereocenters. The Labute approximate surface area is 209 Å². The molecule has 5 rings (SSSR count). The fourth-order valence-electron chi connectivity index (χ4n) is 3.96. The second-order valence-electron chi connectivity index (χ2n) is 8.58. The van der Waals surface area contributed by atoms with Crippen molar-refractivity contribution >= 4 is 35.0 Å². The van der Waals surface area contributed by atoms with Gasteiger partial charge in [0.15, 0.2) is 0 Å². The van der Waals surface area contributed by atoms with Crippen molar-refractivity contribution < 1.29 is 9.59 Å². The third kappa shape index (κ3) is 4.93. The number of rotatable bonds is 5. The number of hydrogen-bond acceptors (Lipinski definition) is 4. The molecule has 0 saturated carbocycles. The zero-order valence-electron chi connectivity index (χ0n) is 19.5. The summed E-state index contributed by atoms with van der Waals surface area (Å²) < 4.78 is 0. The Balaban J connectivity index is 1.24. The largest absolute Gasteiger partial charge is 0.378 e. The lowest BCUT2D eigenvalue weighted by atomic mass is 10.0. The highest BCUT2D eigenvalue weighted by atomic mass is 32.2. The van der Waals surface area contributed by atoms with E-state index in [2.05, 4.69) is 51.9 Å². The number of benzene rings is 4. The zero-order valence-corrected chi connectivity index (χ0v) is 20.4. The van der Waals surface area contributed by atoms with Crippen LogP contribution in [0, 0.1) is 0 Å². The van der Waals surface area contributed by atoms with E-state index in [1.165, 1.54) is 11.8 Å². The average molecular weight is 480 g/mol. The molecular weight excluding hydrogens is 454 g/mol. The lowest BCUT2D eigenvalue weighted by molar-refractivity contribution is 0.0949. The number of nitrogens with zero attached hydrogens (tertiary/aromatic N) is 1. The molecule has 2 N–H and O–H groups in total. The minimum atomic E-state index is -0.183. The van der Waals surface area contributed by atoms with Crippen LogP contribution in [0.3, 0.4) is 0 Å². The lowest BCUT2D eigenvalue weighted by Crippen LogP contribution is -2.23. The smallest absolute Gasteiger partial charge is 0.256 e. The van der Waals surface area contributed by atoms with Crippen LogP contribution in [0.4, 0.5) is 11.4 Å². The van der Waals surface area contributed by atoms with Gasteiger partial charge in [0, 0.05) is 41.7 Å². The molecule has 0 aromatic heterocycles. The van der Waals surface area contributed by atoms with Gasteiger partial charge in [-0.3, -0.25) is 9.59 Å². The number of carbonyl (C=O) groups is 2. The second kappa shape index (κ2) is 9.68. The van der Waals surface area contributed by atoms with Gasteiger partial charge < -0.3 is 15.5 Å². The van der Waals surface area contributed by atoms with Gasteiger partial charge >= 0.3 is 0 Å². The van der Waals surface area contributed by atoms with E-state index >= 15 is 0 Å². The summed E-state index contributed by atoms with van der Waals surface area (Å²) in [5.41, 5.74) is 6.25. The van der Waals surface area contributed by atoms with Gasteiger partial charge in [-0.1, -0.05) is 60.3 Å². The minimum Gasteiger partial charge on any atom is -0.378 e. The van der Waals surface area contributed by atoms with E-state index in [-0.39, 0.29) is 11.8 Å². The van der Waals surface area contributed by atoms with Crippen LogP contribution >= 0.6 is 11.8 Å². The fraction of sp³-hybridized carbons (Fsp3) is 0.103. The quantitative estimate of drug-likeness (QED) is 0.365. The van der Waals surface area contributed by atoms with Gasteiger partial charge in [0.25, 0.3) is 11.8 Å². The molecule has 6 heteroatoms. The SMILES string of the molecule is CN(C)c1ccc(-c2ccc(CNC(=O)c3ccc4c(c3)NC(=O)c3ccccc3S4)cc2)cc1. The first-order valence-corrected chi connectivity index (χ1v) is 12.2. The van der Waals surface area contributed by atoms with Gasteiger partial charge in [-0.25, -0.2) is 0 Å². The zero-order chi connectivity index (χ0) is 24.4. The van der Waals surface area contributed by atoms with E-state index in [1.54, 1.807) is 18.2 Å². The van der Waals surface area contributed by atoms with Crippen molar-refractivity contribution in [1.29, 1.82) is 0 Å². The molecule has 0 bridgehead atoms. The Hall–Kier alpha value is -4.03. The highest BCUT2D eigenvalue weighted by Crippen LogP contribution is 2.39. The van der Waals surface area contributed by atoms with Crippen molar-refractivity contribution in [2.24, 2.45) is 0 Å². The Kier molecular flexibility index (Phi) is 6.29. The topological polar surface area (TPSA) is 61.4 Å². The van der Waals surface area contributed by atoms with Crippen LogP contribution in [0.5, 0.6) is 0 Å². The van der Waals surface area contributed by atoms with Crippen LogP contribution in [0.1, 0.15) is 26.3 Å². The molecule has 0 radical (unpaired) electrons. The molecule has 4 aromatic rings. The molecule has 0 atom stereocenters. The molecule has 5 nitrogen and oxygen atoms in total. The molecule has 0 spiro atoms. The van der Waals surface area contributed by atoms with E-state index in [9.17, 15) is 9.59 Å². The van der Waals surface area contributed by atoms with E-state index in [0.29, 0.717) is 23.4 Å². The predicted molar refractivity (Wildman–Crippen MR) is 142 cm³/mol. The van der Waals surface area contributed by atoms with Crippen molar-refractivity contribution in [3.8, 4) is 11.1 Å². The first kappa shape index (κ1) is 22.7. The van der Waals surface area contributed by atoms with Crippen LogP contribution in [0.15, 0.2) is 101 Å². The molecule has 0 fully saturated rings. The Morgan fingerprint density at radius 1 is 0.857 bits per heavy atom. The van der Waals surface area contributed by atoms with E-state index in [1.807, 2.05) is 50.5 Å². The Morgan fingerprint density at radius 3 is 2.26 bits per heavy atom. The number of amides is 2. The third-order valence-corrected chi connectivity index (χ3v) is 7.12. The van der Waals surface area contributed by atoms with Crippen molar-refractivity contribution in [2.45, 2.75) is 16.3 Å². The van der Waals surface area contributed by atoms with Gasteiger partial charge in [-0.05, 0) is 59.2 Å². The predicted octanol–water partition coefficient (Wildman–Crippen LogP) is 6.07. The highest BCUT2D eigenvalue weighted by Gasteiger charge is 2.20. The first-order valence-electron chi connectivity index (χ1n) is 11.3. The number of carbonyl (C=O) groups excluding carboxylic acids is 2. The van der Waals surface area contributed by atoms with Gasteiger partial charge in [0.2, 0.25) is 0 Å². The minimum absolute atomic E-state index is 0.166. The van der Waals surface area contributed by atoms with Crippen LogP contribution < -0.4 is 15.5 Å².